The smallest absolute Gasteiger partial charge is 0.310 e. The Balaban J connectivity index is 1.77. The zero-order valence-electron chi connectivity index (χ0n) is 20.7. The number of nitrogens with zero attached hydrogens (tertiary/aromatic N) is 2. The number of pyridine rings is 1. The predicted octanol–water partition coefficient (Wildman–Crippen LogP) is 4.60. The van der Waals surface area contributed by atoms with Crippen LogP contribution in [0, 0.1) is 0 Å². The second-order valence-electron chi connectivity index (χ2n) is 8.48. The fourth-order valence-electron chi connectivity index (χ4n) is 4.21. The van der Waals surface area contributed by atoms with Crippen LogP contribution in [0.1, 0.15) is 43.0 Å². The second-order valence-corrected chi connectivity index (χ2v) is 8.48. The Morgan fingerprint density at radius 3 is 2.51 bits per heavy atom. The first-order valence-corrected chi connectivity index (χ1v) is 12.1. The van der Waals surface area contributed by atoms with Crippen molar-refractivity contribution in [2.45, 2.75) is 32.7 Å². The topological polar surface area (TPSA) is 106 Å². The summed E-state index contributed by atoms with van der Waals surface area (Å²) in [6.45, 7) is 4.53. The van der Waals surface area contributed by atoms with Gasteiger partial charge in [-0.3, -0.25) is 24.3 Å². The number of aliphatic hydroxyl groups is 1. The van der Waals surface area contributed by atoms with Crippen molar-refractivity contribution in [3.63, 3.8) is 0 Å². The highest BCUT2D eigenvalue weighted by atomic mass is 16.5. The van der Waals surface area contributed by atoms with Crippen LogP contribution in [0.25, 0.3) is 5.76 Å². The van der Waals surface area contributed by atoms with Crippen molar-refractivity contribution in [1.82, 2.24) is 4.98 Å². The van der Waals surface area contributed by atoms with Gasteiger partial charge < -0.3 is 14.6 Å². The van der Waals surface area contributed by atoms with E-state index in [0.29, 0.717) is 41.3 Å². The molecule has 8 nitrogen and oxygen atoms in total. The Bertz CT molecular complexity index is 1320. The average molecular weight is 501 g/mol. The lowest BCUT2D eigenvalue weighted by atomic mass is 9.96. The minimum Gasteiger partial charge on any atom is -0.507 e. The first-order valence-electron chi connectivity index (χ1n) is 12.1. The Kier molecular flexibility index (Phi) is 7.98. The number of Topliss-reactive ketones (excluding diaryl/α,β-unsaturated/α-hetero) is 1. The molecule has 3 aromatic rings. The second kappa shape index (κ2) is 11.5. The highest BCUT2D eigenvalue weighted by Gasteiger charge is 2.47. The maximum absolute atomic E-state index is 13.3. The number of aliphatic hydroxyl groups excluding tert-OH is 1. The summed E-state index contributed by atoms with van der Waals surface area (Å²) in [6.07, 6.45) is 4.07. The normalized spacial score (nSPS) is 16.6. The van der Waals surface area contributed by atoms with Crippen molar-refractivity contribution in [3.8, 4) is 5.75 Å². The summed E-state index contributed by atoms with van der Waals surface area (Å²) in [4.78, 5) is 44.0. The van der Waals surface area contributed by atoms with Crippen molar-refractivity contribution >= 4 is 29.1 Å². The van der Waals surface area contributed by atoms with E-state index in [9.17, 15) is 19.5 Å². The number of carbonyl (C=O) groups is 3. The molecule has 8 heteroatoms. The molecule has 1 unspecified atom stereocenters. The number of benzene rings is 2. The minimum absolute atomic E-state index is 0.0405. The zero-order chi connectivity index (χ0) is 26.4. The van der Waals surface area contributed by atoms with Gasteiger partial charge in [0, 0.05) is 23.6 Å². The number of esters is 1. The predicted molar refractivity (Wildman–Crippen MR) is 138 cm³/mol. The molecule has 0 aliphatic carbocycles. The lowest BCUT2D eigenvalue weighted by Crippen LogP contribution is -2.29. The summed E-state index contributed by atoms with van der Waals surface area (Å²) in [5, 5.41) is 11.3. The van der Waals surface area contributed by atoms with E-state index < -0.39 is 17.7 Å². The molecule has 1 saturated heterocycles. The number of anilines is 1. The van der Waals surface area contributed by atoms with Crippen LogP contribution in [0.5, 0.6) is 5.75 Å². The Morgan fingerprint density at radius 2 is 1.84 bits per heavy atom. The molecule has 1 atom stereocenters. The van der Waals surface area contributed by atoms with E-state index in [4.69, 9.17) is 9.47 Å². The van der Waals surface area contributed by atoms with Gasteiger partial charge in [0.15, 0.2) is 0 Å². The fraction of sp³-hybridized carbons (Fsp3) is 0.241. The molecule has 1 aromatic heterocycles. The first-order chi connectivity index (χ1) is 17.9. The van der Waals surface area contributed by atoms with Gasteiger partial charge >= 0.3 is 5.97 Å². The van der Waals surface area contributed by atoms with Crippen molar-refractivity contribution in [1.29, 1.82) is 0 Å². The molecule has 0 saturated carbocycles. The van der Waals surface area contributed by atoms with Crippen LogP contribution in [0.3, 0.4) is 0 Å². The Labute approximate surface area is 215 Å². The quantitative estimate of drug-likeness (QED) is 0.198. The molecule has 1 fully saturated rings. The number of hydrogen-bond donors (Lipinski definition) is 1. The number of amides is 1. The average Bonchev–Trinajstić information content (AvgIpc) is 3.18. The van der Waals surface area contributed by atoms with Gasteiger partial charge in [-0.2, -0.15) is 0 Å². The van der Waals surface area contributed by atoms with Crippen LogP contribution < -0.4 is 9.64 Å². The fourth-order valence-corrected chi connectivity index (χ4v) is 4.21. The molecule has 2 aromatic carbocycles. The lowest BCUT2D eigenvalue weighted by Gasteiger charge is -2.25. The zero-order valence-corrected chi connectivity index (χ0v) is 20.7. The number of ether oxygens (including phenoxy) is 2. The molecular weight excluding hydrogens is 472 g/mol. The van der Waals surface area contributed by atoms with E-state index in [1.165, 1.54) is 4.90 Å². The van der Waals surface area contributed by atoms with Crippen molar-refractivity contribution < 1.29 is 29.0 Å². The Hall–Kier alpha value is -4.46. The summed E-state index contributed by atoms with van der Waals surface area (Å²) < 4.78 is 10.7. The molecule has 0 radical (unpaired) electrons. The third-order valence-corrected chi connectivity index (χ3v) is 5.89. The number of rotatable bonds is 9. The molecular formula is C29H28N2O6. The molecule has 1 aliphatic rings. The van der Waals surface area contributed by atoms with Crippen LogP contribution in [0.15, 0.2) is 78.6 Å². The van der Waals surface area contributed by atoms with E-state index in [0.717, 1.165) is 6.42 Å². The molecule has 0 bridgehead atoms. The summed E-state index contributed by atoms with van der Waals surface area (Å²) in [5.41, 5.74) is 2.05. The molecule has 1 amide bonds. The number of carbonyl (C=O) groups excluding carboxylic acids is 3. The van der Waals surface area contributed by atoms with Crippen molar-refractivity contribution in [3.05, 3.63) is 95.3 Å². The SMILES string of the molecule is CCCOc1cccc(/C(O)=C2/C(=O)C(=O)N(c3ccc(CC(=O)OCC)cc3)C2c2cccnc2)c1. The van der Waals surface area contributed by atoms with E-state index in [1.807, 2.05) is 6.92 Å². The molecule has 37 heavy (non-hydrogen) atoms. The molecule has 1 N–H and O–H groups in total. The summed E-state index contributed by atoms with van der Waals surface area (Å²) in [6, 6.07) is 16.1. The molecule has 0 spiro atoms. The van der Waals surface area contributed by atoms with Crippen molar-refractivity contribution in [2.24, 2.45) is 0 Å². The minimum atomic E-state index is -0.898. The van der Waals surface area contributed by atoms with Gasteiger partial charge in [-0.05, 0) is 54.8 Å². The molecule has 1 aliphatic heterocycles. The van der Waals surface area contributed by atoms with E-state index in [2.05, 4.69) is 4.98 Å². The van der Waals surface area contributed by atoms with Gasteiger partial charge in [0.1, 0.15) is 11.5 Å². The first kappa shape index (κ1) is 25.6. The van der Waals surface area contributed by atoms with Gasteiger partial charge in [0.05, 0.1) is 31.2 Å². The maximum atomic E-state index is 13.3. The largest absolute Gasteiger partial charge is 0.507 e. The molecule has 4 rings (SSSR count). The highest BCUT2D eigenvalue weighted by molar-refractivity contribution is 6.51. The van der Waals surface area contributed by atoms with Crippen LogP contribution in [0.2, 0.25) is 0 Å². The van der Waals surface area contributed by atoms with Crippen LogP contribution >= 0.6 is 0 Å². The lowest BCUT2D eigenvalue weighted by molar-refractivity contribution is -0.142. The van der Waals surface area contributed by atoms with Gasteiger partial charge in [-0.1, -0.05) is 37.3 Å². The Morgan fingerprint density at radius 1 is 1.05 bits per heavy atom. The van der Waals surface area contributed by atoms with Gasteiger partial charge in [-0.15, -0.1) is 0 Å². The van der Waals surface area contributed by atoms with Crippen molar-refractivity contribution in [2.75, 3.05) is 18.1 Å². The third-order valence-electron chi connectivity index (χ3n) is 5.89. The highest BCUT2D eigenvalue weighted by Crippen LogP contribution is 2.42. The monoisotopic (exact) mass is 500 g/mol. The van der Waals surface area contributed by atoms with Crippen LogP contribution in [-0.2, 0) is 25.5 Å². The van der Waals surface area contributed by atoms with E-state index in [1.54, 1.807) is 80.0 Å². The number of hydrogen-bond acceptors (Lipinski definition) is 7. The van der Waals surface area contributed by atoms with Gasteiger partial charge in [-0.25, -0.2) is 0 Å². The third kappa shape index (κ3) is 5.53. The number of ketones is 1. The van der Waals surface area contributed by atoms with E-state index >= 15 is 0 Å². The van der Waals surface area contributed by atoms with Gasteiger partial charge in [0.25, 0.3) is 11.7 Å². The standard InChI is InChI=1S/C29H28N2O6/c1-3-15-37-23-9-5-7-20(17-23)27(33)25-26(21-8-6-14-30-18-21)31(29(35)28(25)34)22-12-10-19(11-13-22)16-24(32)36-4-2/h5-14,17-18,26,33H,3-4,15-16H2,1-2H3/b27-25-. The van der Waals surface area contributed by atoms with Crippen LogP contribution in [-0.4, -0.2) is 41.0 Å². The molecule has 190 valence electrons. The van der Waals surface area contributed by atoms with E-state index in [-0.39, 0.29) is 23.7 Å². The van der Waals surface area contributed by atoms with Crippen LogP contribution in [0.4, 0.5) is 5.69 Å². The van der Waals surface area contributed by atoms with Gasteiger partial charge in [0.2, 0.25) is 0 Å². The summed E-state index contributed by atoms with van der Waals surface area (Å²) in [7, 11) is 0. The maximum Gasteiger partial charge on any atom is 0.310 e. The summed E-state index contributed by atoms with van der Waals surface area (Å²) >= 11 is 0. The number of aromatic nitrogens is 1. The molecule has 2 heterocycles. The summed E-state index contributed by atoms with van der Waals surface area (Å²) in [5.74, 6) is -1.67.